The molecule has 1 fully saturated rings. The van der Waals surface area contributed by atoms with Crippen molar-refractivity contribution in [3.05, 3.63) is 65.7 Å². The molecule has 1 atom stereocenters. The molecule has 3 rings (SSSR count). The molecular weight excluding hydrogens is 282 g/mol. The maximum absolute atomic E-state index is 13.2. The predicted molar refractivity (Wildman–Crippen MR) is 84.8 cm³/mol. The summed E-state index contributed by atoms with van der Waals surface area (Å²) in [6.45, 7) is 1.99. The number of piperidine rings is 1. The molecule has 22 heavy (non-hydrogen) atoms. The van der Waals surface area contributed by atoms with Gasteiger partial charge < -0.3 is 10.6 Å². The second-order valence-corrected chi connectivity index (χ2v) is 5.77. The fourth-order valence-corrected chi connectivity index (χ4v) is 3.05. The van der Waals surface area contributed by atoms with Crippen LogP contribution in [0.2, 0.25) is 0 Å². The van der Waals surface area contributed by atoms with Crippen molar-refractivity contribution in [1.82, 2.24) is 5.32 Å². The summed E-state index contributed by atoms with van der Waals surface area (Å²) in [5, 5.41) is 6.86. The van der Waals surface area contributed by atoms with Crippen molar-refractivity contribution >= 4 is 5.69 Å². The highest BCUT2D eigenvalue weighted by atomic mass is 19.1. The van der Waals surface area contributed by atoms with Gasteiger partial charge in [0, 0.05) is 5.69 Å². The third kappa shape index (κ3) is 3.63. The molecule has 2 aromatic carbocycles. The minimum Gasteiger partial charge on any atom is -0.378 e. The predicted octanol–water partition coefficient (Wildman–Crippen LogP) is 4.12. The summed E-state index contributed by atoms with van der Waals surface area (Å²) < 4.78 is 26.3. The van der Waals surface area contributed by atoms with E-state index < -0.39 is 0 Å². The third-order valence-corrected chi connectivity index (χ3v) is 4.25. The molecule has 1 saturated heterocycles. The van der Waals surface area contributed by atoms with E-state index in [1.165, 1.54) is 24.3 Å². The number of benzene rings is 2. The van der Waals surface area contributed by atoms with Gasteiger partial charge in [0.1, 0.15) is 11.6 Å². The number of halogens is 2. The summed E-state index contributed by atoms with van der Waals surface area (Å²) in [5.74, 6) is -0.00268. The first-order valence-electron chi connectivity index (χ1n) is 7.70. The maximum Gasteiger partial charge on any atom is 0.123 e. The quantitative estimate of drug-likeness (QED) is 0.888. The first kappa shape index (κ1) is 15.0. The van der Waals surface area contributed by atoms with E-state index in [4.69, 9.17) is 0 Å². The molecule has 0 aliphatic carbocycles. The highest BCUT2D eigenvalue weighted by molar-refractivity contribution is 5.45. The Labute approximate surface area is 129 Å². The summed E-state index contributed by atoms with van der Waals surface area (Å²) in [5.41, 5.74) is 1.95. The van der Waals surface area contributed by atoms with Crippen LogP contribution in [0.1, 0.15) is 24.4 Å². The van der Waals surface area contributed by atoms with Gasteiger partial charge in [0.15, 0.2) is 0 Å². The molecule has 0 spiro atoms. The van der Waals surface area contributed by atoms with Crippen LogP contribution in [0.5, 0.6) is 0 Å². The maximum atomic E-state index is 13.2. The molecule has 0 bridgehead atoms. The van der Waals surface area contributed by atoms with Crippen molar-refractivity contribution in [1.29, 1.82) is 0 Å². The molecule has 0 saturated carbocycles. The number of rotatable bonds is 4. The van der Waals surface area contributed by atoms with Crippen molar-refractivity contribution in [2.45, 2.75) is 18.9 Å². The number of hydrogen-bond acceptors (Lipinski definition) is 2. The highest BCUT2D eigenvalue weighted by Gasteiger charge is 2.25. The first-order valence-corrected chi connectivity index (χ1v) is 7.70. The van der Waals surface area contributed by atoms with Gasteiger partial charge in [-0.25, -0.2) is 8.78 Å². The van der Waals surface area contributed by atoms with E-state index in [-0.39, 0.29) is 17.7 Å². The molecule has 4 heteroatoms. The van der Waals surface area contributed by atoms with Crippen LogP contribution in [-0.2, 0) is 0 Å². The molecule has 2 N–H and O–H groups in total. The zero-order chi connectivity index (χ0) is 15.4. The average molecular weight is 302 g/mol. The molecule has 2 nitrogen and oxygen atoms in total. The molecule has 0 aromatic heterocycles. The van der Waals surface area contributed by atoms with Crippen LogP contribution < -0.4 is 10.6 Å². The van der Waals surface area contributed by atoms with Gasteiger partial charge in [-0.1, -0.05) is 12.1 Å². The second-order valence-electron chi connectivity index (χ2n) is 5.77. The molecule has 116 valence electrons. The van der Waals surface area contributed by atoms with E-state index in [1.807, 2.05) is 12.1 Å². The Hall–Kier alpha value is -1.94. The van der Waals surface area contributed by atoms with E-state index in [1.54, 1.807) is 12.1 Å². The number of nitrogens with one attached hydrogen (secondary N) is 2. The zero-order valence-electron chi connectivity index (χ0n) is 12.4. The smallest absolute Gasteiger partial charge is 0.123 e. The Balaban J connectivity index is 1.84. The van der Waals surface area contributed by atoms with Gasteiger partial charge in [-0.2, -0.15) is 0 Å². The minimum absolute atomic E-state index is 0.105. The SMILES string of the molecule is Fc1ccc(NC(c2ccc(F)cc2)C2CCNCC2)cc1. The summed E-state index contributed by atoms with van der Waals surface area (Å²) in [6.07, 6.45) is 2.13. The number of anilines is 1. The van der Waals surface area contributed by atoms with E-state index >= 15 is 0 Å². The first-order chi connectivity index (χ1) is 10.7. The van der Waals surface area contributed by atoms with Gasteiger partial charge in [0.25, 0.3) is 0 Å². The van der Waals surface area contributed by atoms with E-state index in [9.17, 15) is 8.78 Å². The topological polar surface area (TPSA) is 24.1 Å². The monoisotopic (exact) mass is 302 g/mol. The van der Waals surface area contributed by atoms with Gasteiger partial charge in [0.2, 0.25) is 0 Å². The van der Waals surface area contributed by atoms with Crippen molar-refractivity contribution < 1.29 is 8.78 Å². The Kier molecular flexibility index (Phi) is 4.68. The van der Waals surface area contributed by atoms with Crippen LogP contribution in [-0.4, -0.2) is 13.1 Å². The van der Waals surface area contributed by atoms with Gasteiger partial charge in [-0.15, -0.1) is 0 Å². The lowest BCUT2D eigenvalue weighted by molar-refractivity contribution is 0.335. The normalized spacial score (nSPS) is 17.2. The van der Waals surface area contributed by atoms with Crippen molar-refractivity contribution in [2.24, 2.45) is 5.92 Å². The second kappa shape index (κ2) is 6.88. The van der Waals surface area contributed by atoms with Crippen LogP contribution in [0, 0.1) is 17.6 Å². The van der Waals surface area contributed by atoms with E-state index in [0.29, 0.717) is 5.92 Å². The van der Waals surface area contributed by atoms with Crippen molar-refractivity contribution in [3.8, 4) is 0 Å². The molecular formula is C18H20F2N2. The zero-order valence-corrected chi connectivity index (χ0v) is 12.4. The summed E-state index contributed by atoms with van der Waals surface area (Å²) >= 11 is 0. The average Bonchev–Trinajstić information content (AvgIpc) is 2.56. The van der Waals surface area contributed by atoms with E-state index in [2.05, 4.69) is 10.6 Å². The molecule has 1 aliphatic rings. The van der Waals surface area contributed by atoms with Crippen LogP contribution in [0.4, 0.5) is 14.5 Å². The van der Waals surface area contributed by atoms with E-state index in [0.717, 1.165) is 37.2 Å². The third-order valence-electron chi connectivity index (χ3n) is 4.25. The molecule has 1 aliphatic heterocycles. The molecule has 2 aromatic rings. The highest BCUT2D eigenvalue weighted by Crippen LogP contribution is 2.32. The molecule has 1 heterocycles. The summed E-state index contributed by atoms with van der Waals surface area (Å²) in [6, 6.07) is 13.1. The van der Waals surface area contributed by atoms with Gasteiger partial charge in [-0.3, -0.25) is 0 Å². The summed E-state index contributed by atoms with van der Waals surface area (Å²) in [4.78, 5) is 0. The molecule has 0 amide bonds. The molecule has 0 radical (unpaired) electrons. The van der Waals surface area contributed by atoms with Gasteiger partial charge >= 0.3 is 0 Å². The Morgan fingerprint density at radius 3 is 2.00 bits per heavy atom. The summed E-state index contributed by atoms with van der Waals surface area (Å²) in [7, 11) is 0. The Bertz CT molecular complexity index is 589. The lowest BCUT2D eigenvalue weighted by Crippen LogP contribution is -2.33. The van der Waals surface area contributed by atoms with Gasteiger partial charge in [-0.05, 0) is 73.8 Å². The van der Waals surface area contributed by atoms with Crippen LogP contribution in [0.3, 0.4) is 0 Å². The largest absolute Gasteiger partial charge is 0.378 e. The minimum atomic E-state index is -0.245. The van der Waals surface area contributed by atoms with Crippen LogP contribution in [0.15, 0.2) is 48.5 Å². The molecule has 1 unspecified atom stereocenters. The van der Waals surface area contributed by atoms with Gasteiger partial charge in [0.05, 0.1) is 6.04 Å². The standard InChI is InChI=1S/C18H20F2N2/c19-15-3-1-13(2-4-15)18(14-9-11-21-12-10-14)22-17-7-5-16(20)6-8-17/h1-8,14,18,21-22H,9-12H2. The van der Waals surface area contributed by atoms with Crippen LogP contribution >= 0.6 is 0 Å². The lowest BCUT2D eigenvalue weighted by Gasteiger charge is -2.32. The Morgan fingerprint density at radius 1 is 0.864 bits per heavy atom. The van der Waals surface area contributed by atoms with Crippen molar-refractivity contribution in [2.75, 3.05) is 18.4 Å². The fourth-order valence-electron chi connectivity index (χ4n) is 3.05. The fraction of sp³-hybridized carbons (Fsp3) is 0.333. The van der Waals surface area contributed by atoms with Crippen LogP contribution in [0.25, 0.3) is 0 Å². The lowest BCUT2D eigenvalue weighted by atomic mass is 9.85. The number of hydrogen-bond donors (Lipinski definition) is 2. The van der Waals surface area contributed by atoms with Crippen molar-refractivity contribution in [3.63, 3.8) is 0 Å². The Morgan fingerprint density at radius 2 is 1.41 bits per heavy atom.